The summed E-state index contributed by atoms with van der Waals surface area (Å²) in [4.78, 5) is 24.7. The fraction of sp³-hybridized carbons (Fsp3) is 0.125. The summed E-state index contributed by atoms with van der Waals surface area (Å²) in [5, 5.41) is 18.3. The predicted molar refractivity (Wildman–Crippen MR) is 122 cm³/mol. The molecule has 0 aliphatic heterocycles. The number of carbonyl (C=O) groups is 2. The van der Waals surface area contributed by atoms with Gasteiger partial charge >= 0.3 is 0 Å². The number of ether oxygens (including phenoxy) is 1. The van der Waals surface area contributed by atoms with Crippen LogP contribution in [0.5, 0.6) is 11.5 Å². The largest absolute Gasteiger partial charge is 0.507 e. The number of anilines is 1. The standard InChI is InChI=1S/C24H21N3O5/c1-14(26-27-24(30)16-8-3-5-9-19(16)28)11-23(29)25-18-13-21-17(12-22(18)31-2)15-7-4-6-10-20(15)32-21/h3-10,12-13,28H,11H2,1-2H3,(H,25,29)(H,27,30)/b26-14+. The Morgan fingerprint density at radius 3 is 2.56 bits per heavy atom. The first-order valence-corrected chi connectivity index (χ1v) is 9.87. The van der Waals surface area contributed by atoms with Crippen molar-refractivity contribution in [2.75, 3.05) is 12.4 Å². The Labute approximate surface area is 183 Å². The summed E-state index contributed by atoms with van der Waals surface area (Å²) in [7, 11) is 1.53. The first-order valence-electron chi connectivity index (χ1n) is 9.87. The van der Waals surface area contributed by atoms with Gasteiger partial charge in [0.25, 0.3) is 5.91 Å². The highest BCUT2D eigenvalue weighted by Gasteiger charge is 2.15. The van der Waals surface area contributed by atoms with Crippen molar-refractivity contribution >= 4 is 45.2 Å². The smallest absolute Gasteiger partial charge is 0.275 e. The van der Waals surface area contributed by atoms with E-state index in [1.54, 1.807) is 25.1 Å². The molecule has 32 heavy (non-hydrogen) atoms. The van der Waals surface area contributed by atoms with Gasteiger partial charge in [-0.3, -0.25) is 9.59 Å². The SMILES string of the molecule is COc1cc2c(cc1NC(=O)C/C(C)=N/NC(=O)c1ccccc1O)oc1ccccc12. The highest BCUT2D eigenvalue weighted by atomic mass is 16.5. The molecule has 4 aromatic rings. The van der Waals surface area contributed by atoms with E-state index in [0.29, 0.717) is 22.7 Å². The first-order chi connectivity index (χ1) is 15.5. The quantitative estimate of drug-likeness (QED) is 0.309. The number of hydrazone groups is 1. The minimum absolute atomic E-state index is 0.0532. The molecule has 0 fully saturated rings. The molecule has 1 aromatic heterocycles. The van der Waals surface area contributed by atoms with E-state index in [-0.39, 0.29) is 23.6 Å². The van der Waals surface area contributed by atoms with Crippen molar-refractivity contribution in [2.45, 2.75) is 13.3 Å². The van der Waals surface area contributed by atoms with E-state index >= 15 is 0 Å². The van der Waals surface area contributed by atoms with E-state index in [2.05, 4.69) is 15.8 Å². The van der Waals surface area contributed by atoms with E-state index in [9.17, 15) is 14.7 Å². The number of hydrogen-bond donors (Lipinski definition) is 3. The fourth-order valence-electron chi connectivity index (χ4n) is 3.36. The van der Waals surface area contributed by atoms with E-state index in [4.69, 9.17) is 9.15 Å². The lowest BCUT2D eigenvalue weighted by molar-refractivity contribution is -0.115. The molecule has 2 amide bonds. The van der Waals surface area contributed by atoms with Gasteiger partial charge in [0.15, 0.2) is 0 Å². The Balaban J connectivity index is 1.47. The van der Waals surface area contributed by atoms with Crippen LogP contribution in [0.4, 0.5) is 5.69 Å². The lowest BCUT2D eigenvalue weighted by atomic mass is 10.1. The summed E-state index contributed by atoms with van der Waals surface area (Å²) < 4.78 is 11.3. The number of furan rings is 1. The summed E-state index contributed by atoms with van der Waals surface area (Å²) in [6.07, 6.45) is -0.0532. The van der Waals surface area contributed by atoms with E-state index < -0.39 is 5.91 Å². The molecule has 0 aliphatic carbocycles. The maximum absolute atomic E-state index is 12.5. The van der Waals surface area contributed by atoms with Crippen LogP contribution < -0.4 is 15.5 Å². The van der Waals surface area contributed by atoms with Gasteiger partial charge in [-0.05, 0) is 31.2 Å². The number of phenolic OH excluding ortho intramolecular Hbond substituents is 1. The molecule has 1 heterocycles. The number of para-hydroxylation sites is 2. The van der Waals surface area contributed by atoms with Gasteiger partial charge in [0, 0.05) is 22.6 Å². The fourth-order valence-corrected chi connectivity index (χ4v) is 3.36. The van der Waals surface area contributed by atoms with E-state index in [1.807, 2.05) is 30.3 Å². The van der Waals surface area contributed by atoms with Gasteiger partial charge in [-0.25, -0.2) is 5.43 Å². The molecule has 0 saturated heterocycles. The third kappa shape index (κ3) is 4.24. The molecule has 4 rings (SSSR count). The highest BCUT2D eigenvalue weighted by Crippen LogP contribution is 2.36. The molecule has 0 bridgehead atoms. The van der Waals surface area contributed by atoms with Crippen molar-refractivity contribution in [3.05, 3.63) is 66.2 Å². The second kappa shape index (κ2) is 8.81. The van der Waals surface area contributed by atoms with Gasteiger partial charge in [0.1, 0.15) is 22.7 Å². The molecular weight excluding hydrogens is 410 g/mol. The van der Waals surface area contributed by atoms with Gasteiger partial charge in [-0.1, -0.05) is 30.3 Å². The second-order valence-electron chi connectivity index (χ2n) is 7.18. The lowest BCUT2D eigenvalue weighted by Gasteiger charge is -2.10. The Morgan fingerprint density at radius 1 is 1.03 bits per heavy atom. The van der Waals surface area contributed by atoms with Gasteiger partial charge in [-0.2, -0.15) is 5.10 Å². The molecule has 162 valence electrons. The molecule has 8 heteroatoms. The number of nitrogens with one attached hydrogen (secondary N) is 2. The van der Waals surface area contributed by atoms with Crippen LogP contribution in [0.1, 0.15) is 23.7 Å². The zero-order chi connectivity index (χ0) is 22.7. The lowest BCUT2D eigenvalue weighted by Crippen LogP contribution is -2.21. The molecule has 0 spiro atoms. The molecule has 0 saturated carbocycles. The summed E-state index contributed by atoms with van der Waals surface area (Å²) in [6.45, 7) is 1.62. The number of fused-ring (bicyclic) bond motifs is 3. The number of nitrogens with zero attached hydrogens (tertiary/aromatic N) is 1. The molecule has 0 radical (unpaired) electrons. The summed E-state index contributed by atoms with van der Waals surface area (Å²) >= 11 is 0. The highest BCUT2D eigenvalue weighted by molar-refractivity contribution is 6.10. The molecule has 8 nitrogen and oxygen atoms in total. The maximum atomic E-state index is 12.5. The third-order valence-electron chi connectivity index (χ3n) is 4.89. The number of benzene rings is 3. The van der Waals surface area contributed by atoms with Crippen molar-refractivity contribution in [3.8, 4) is 11.5 Å². The van der Waals surface area contributed by atoms with Crippen LogP contribution in [0.25, 0.3) is 21.9 Å². The molecule has 0 atom stereocenters. The van der Waals surface area contributed by atoms with Crippen molar-refractivity contribution in [1.82, 2.24) is 5.43 Å². The molecule has 3 N–H and O–H groups in total. The minimum atomic E-state index is -0.570. The van der Waals surface area contributed by atoms with Gasteiger partial charge < -0.3 is 19.6 Å². The zero-order valence-electron chi connectivity index (χ0n) is 17.5. The number of aromatic hydroxyl groups is 1. The van der Waals surface area contributed by atoms with Gasteiger partial charge in [0.2, 0.25) is 5.91 Å². The second-order valence-corrected chi connectivity index (χ2v) is 7.18. The van der Waals surface area contributed by atoms with Crippen molar-refractivity contribution in [3.63, 3.8) is 0 Å². The Kier molecular flexibility index (Phi) is 5.76. The van der Waals surface area contributed by atoms with Crippen LogP contribution in [-0.4, -0.2) is 29.7 Å². The Bertz CT molecular complexity index is 1360. The average Bonchev–Trinajstić information content (AvgIpc) is 3.14. The normalized spacial score (nSPS) is 11.5. The molecule has 0 unspecified atom stereocenters. The van der Waals surface area contributed by atoms with E-state index in [1.165, 1.54) is 19.2 Å². The average molecular weight is 431 g/mol. The molecular formula is C24H21N3O5. The third-order valence-corrected chi connectivity index (χ3v) is 4.89. The van der Waals surface area contributed by atoms with Crippen LogP contribution in [0.15, 0.2) is 70.2 Å². The van der Waals surface area contributed by atoms with Crippen molar-refractivity contribution in [1.29, 1.82) is 0 Å². The zero-order valence-corrected chi connectivity index (χ0v) is 17.5. The first kappa shape index (κ1) is 20.9. The number of methoxy groups -OCH3 is 1. The summed E-state index contributed by atoms with van der Waals surface area (Å²) in [5.74, 6) is -0.555. The maximum Gasteiger partial charge on any atom is 0.275 e. The van der Waals surface area contributed by atoms with Crippen LogP contribution >= 0.6 is 0 Å². The number of rotatable bonds is 6. The summed E-state index contributed by atoms with van der Waals surface area (Å²) in [5.41, 5.74) is 4.66. The van der Waals surface area contributed by atoms with Crippen LogP contribution in [0.2, 0.25) is 0 Å². The Hall–Kier alpha value is -4.33. The number of carbonyl (C=O) groups excluding carboxylic acids is 2. The van der Waals surface area contributed by atoms with Crippen molar-refractivity contribution < 1.29 is 23.8 Å². The summed E-state index contributed by atoms with van der Waals surface area (Å²) in [6, 6.07) is 17.3. The molecule has 0 aliphatic rings. The topological polar surface area (TPSA) is 113 Å². The van der Waals surface area contributed by atoms with Gasteiger partial charge in [0.05, 0.1) is 24.8 Å². The van der Waals surface area contributed by atoms with Crippen LogP contribution in [0, 0.1) is 0 Å². The Morgan fingerprint density at radius 2 is 1.78 bits per heavy atom. The van der Waals surface area contributed by atoms with Crippen LogP contribution in [-0.2, 0) is 4.79 Å². The number of hydrogen-bond acceptors (Lipinski definition) is 6. The van der Waals surface area contributed by atoms with Crippen LogP contribution in [0.3, 0.4) is 0 Å². The van der Waals surface area contributed by atoms with Gasteiger partial charge in [-0.15, -0.1) is 0 Å². The molecule has 3 aromatic carbocycles. The predicted octanol–water partition coefficient (Wildman–Crippen LogP) is 4.43. The van der Waals surface area contributed by atoms with E-state index in [0.717, 1.165) is 16.4 Å². The number of amides is 2. The minimum Gasteiger partial charge on any atom is -0.507 e. The van der Waals surface area contributed by atoms with Crippen molar-refractivity contribution in [2.24, 2.45) is 5.10 Å². The number of phenols is 1. The monoisotopic (exact) mass is 431 g/mol.